The van der Waals surface area contributed by atoms with Crippen LogP contribution in [0.1, 0.15) is 5.56 Å². The molecule has 0 N–H and O–H groups in total. The van der Waals surface area contributed by atoms with Crippen LogP contribution < -0.4 is 4.90 Å². The number of anilines is 1. The molecule has 0 atom stereocenters. The lowest BCUT2D eigenvalue weighted by Crippen LogP contribution is -2.40. The molecule has 0 bridgehead atoms. The summed E-state index contributed by atoms with van der Waals surface area (Å²) in [5.74, 6) is -3.37. The molecule has 0 saturated heterocycles. The Balaban J connectivity index is 2.73. The predicted octanol–water partition coefficient (Wildman–Crippen LogP) is 2.24. The number of carbonyl (C=O) groups is 2. The first-order valence-corrected chi connectivity index (χ1v) is 6.83. The zero-order chi connectivity index (χ0) is 18.8. The van der Waals surface area contributed by atoms with Crippen molar-refractivity contribution in [2.24, 2.45) is 0 Å². The quantitative estimate of drug-likeness (QED) is 0.606. The van der Waals surface area contributed by atoms with E-state index >= 15 is 0 Å². The van der Waals surface area contributed by atoms with E-state index in [0.29, 0.717) is 11.0 Å². The molecule has 0 aliphatic carbocycles. The fourth-order valence-electron chi connectivity index (χ4n) is 2.34. The Bertz CT molecular complexity index is 729. The number of methoxy groups -OCH3 is 2. The zero-order valence-corrected chi connectivity index (χ0v) is 13.1. The molecule has 1 aromatic rings. The van der Waals surface area contributed by atoms with Gasteiger partial charge in [-0.1, -0.05) is 6.07 Å². The first-order chi connectivity index (χ1) is 11.7. The largest absolute Gasteiger partial charge is 0.466 e. The summed E-state index contributed by atoms with van der Waals surface area (Å²) in [7, 11) is 2.00. The predicted molar refractivity (Wildman–Crippen MR) is 75.8 cm³/mol. The molecule has 0 aromatic heterocycles. The second-order valence-electron chi connectivity index (χ2n) is 4.85. The Hall–Kier alpha value is -2.62. The summed E-state index contributed by atoms with van der Waals surface area (Å²) in [4.78, 5) is 24.5. The standard InChI is InChI=1S/C15H13F4NO5/c1-23-13(21)8-6-25-7-20(11(8)14(22)24-2)12-9(15(17,18)19)4-3-5-10(12)16/h3-5H,6-7H2,1-2H3. The molecule has 1 aromatic carbocycles. The summed E-state index contributed by atoms with van der Waals surface area (Å²) < 4.78 is 68.1. The minimum absolute atomic E-state index is 0.378. The van der Waals surface area contributed by atoms with Crippen LogP contribution in [0.2, 0.25) is 0 Å². The zero-order valence-electron chi connectivity index (χ0n) is 13.1. The van der Waals surface area contributed by atoms with Crippen LogP contribution in [-0.2, 0) is 30.0 Å². The molecule has 25 heavy (non-hydrogen) atoms. The molecule has 0 saturated carbocycles. The molecule has 6 nitrogen and oxygen atoms in total. The monoisotopic (exact) mass is 363 g/mol. The molecule has 0 amide bonds. The van der Waals surface area contributed by atoms with Crippen LogP contribution in [0.25, 0.3) is 0 Å². The normalized spacial score (nSPS) is 15.2. The average Bonchev–Trinajstić information content (AvgIpc) is 2.58. The van der Waals surface area contributed by atoms with Gasteiger partial charge in [-0.3, -0.25) is 0 Å². The number of rotatable bonds is 3. The molecule has 2 rings (SSSR count). The number of esters is 2. The van der Waals surface area contributed by atoms with Crippen LogP contribution in [0, 0.1) is 5.82 Å². The molecule has 1 aliphatic heterocycles. The molecule has 0 fully saturated rings. The van der Waals surface area contributed by atoms with Gasteiger partial charge in [0.05, 0.1) is 37.7 Å². The van der Waals surface area contributed by atoms with Gasteiger partial charge < -0.3 is 19.1 Å². The number of carbonyl (C=O) groups excluding carboxylic acids is 2. The molecule has 0 unspecified atom stereocenters. The van der Waals surface area contributed by atoms with Gasteiger partial charge in [-0.25, -0.2) is 14.0 Å². The van der Waals surface area contributed by atoms with Crippen molar-refractivity contribution in [3.8, 4) is 0 Å². The molecule has 1 heterocycles. The minimum Gasteiger partial charge on any atom is -0.466 e. The van der Waals surface area contributed by atoms with Crippen molar-refractivity contribution in [1.82, 2.24) is 0 Å². The Labute approximate surface area is 139 Å². The van der Waals surface area contributed by atoms with Gasteiger partial charge in [0.1, 0.15) is 18.2 Å². The Morgan fingerprint density at radius 3 is 2.36 bits per heavy atom. The van der Waals surface area contributed by atoms with Gasteiger partial charge in [-0.15, -0.1) is 0 Å². The van der Waals surface area contributed by atoms with Crippen molar-refractivity contribution in [3.63, 3.8) is 0 Å². The summed E-state index contributed by atoms with van der Waals surface area (Å²) in [5.41, 5.74) is -3.23. The Kier molecular flexibility index (Phi) is 5.31. The average molecular weight is 363 g/mol. The van der Waals surface area contributed by atoms with E-state index in [2.05, 4.69) is 9.47 Å². The maximum atomic E-state index is 14.2. The van der Waals surface area contributed by atoms with E-state index in [0.717, 1.165) is 26.4 Å². The number of hydrogen-bond donors (Lipinski definition) is 0. The Morgan fingerprint density at radius 2 is 1.80 bits per heavy atom. The van der Waals surface area contributed by atoms with Crippen LogP contribution in [-0.4, -0.2) is 39.5 Å². The van der Waals surface area contributed by atoms with Crippen molar-refractivity contribution in [3.05, 3.63) is 40.8 Å². The Morgan fingerprint density at radius 1 is 1.16 bits per heavy atom. The SMILES string of the molecule is COC(=O)C1=C(C(=O)OC)N(c2c(F)cccc2C(F)(F)F)COC1. The highest BCUT2D eigenvalue weighted by Gasteiger charge is 2.40. The molecule has 0 spiro atoms. The fraction of sp³-hybridized carbons (Fsp3) is 0.333. The number of nitrogens with zero attached hydrogens (tertiary/aromatic N) is 1. The summed E-state index contributed by atoms with van der Waals surface area (Å²) in [6, 6.07) is 2.33. The molecular formula is C15H13F4NO5. The van der Waals surface area contributed by atoms with Crippen molar-refractivity contribution in [1.29, 1.82) is 0 Å². The summed E-state index contributed by atoms with van der Waals surface area (Å²) in [6.07, 6.45) is -4.90. The van der Waals surface area contributed by atoms with Crippen molar-refractivity contribution in [2.45, 2.75) is 6.18 Å². The molecular weight excluding hydrogens is 350 g/mol. The van der Waals surface area contributed by atoms with Gasteiger partial charge in [-0.2, -0.15) is 13.2 Å². The lowest BCUT2D eigenvalue weighted by molar-refractivity contribution is -0.141. The number of halogens is 4. The number of ether oxygens (including phenoxy) is 3. The fourth-order valence-corrected chi connectivity index (χ4v) is 2.34. The van der Waals surface area contributed by atoms with Gasteiger partial charge in [0.25, 0.3) is 0 Å². The highest BCUT2D eigenvalue weighted by atomic mass is 19.4. The van der Waals surface area contributed by atoms with E-state index in [-0.39, 0.29) is 5.57 Å². The van der Waals surface area contributed by atoms with E-state index in [1.54, 1.807) is 0 Å². The van der Waals surface area contributed by atoms with Gasteiger partial charge in [0.2, 0.25) is 0 Å². The van der Waals surface area contributed by atoms with Gasteiger partial charge in [-0.05, 0) is 12.1 Å². The number of alkyl halides is 3. The van der Waals surface area contributed by atoms with E-state index in [1.165, 1.54) is 0 Å². The van der Waals surface area contributed by atoms with Crippen molar-refractivity contribution in [2.75, 3.05) is 32.5 Å². The number of benzene rings is 1. The molecule has 10 heteroatoms. The van der Waals surface area contributed by atoms with E-state index in [4.69, 9.17) is 4.74 Å². The number of hydrogen-bond acceptors (Lipinski definition) is 6. The maximum Gasteiger partial charge on any atom is 0.418 e. The third kappa shape index (κ3) is 3.58. The first-order valence-electron chi connectivity index (χ1n) is 6.83. The third-order valence-corrected chi connectivity index (χ3v) is 3.40. The number of para-hydroxylation sites is 1. The van der Waals surface area contributed by atoms with Crippen LogP contribution in [0.15, 0.2) is 29.5 Å². The second-order valence-corrected chi connectivity index (χ2v) is 4.85. The van der Waals surface area contributed by atoms with Crippen LogP contribution >= 0.6 is 0 Å². The third-order valence-electron chi connectivity index (χ3n) is 3.40. The van der Waals surface area contributed by atoms with Crippen molar-refractivity contribution >= 4 is 17.6 Å². The van der Waals surface area contributed by atoms with Crippen LogP contribution in [0.5, 0.6) is 0 Å². The van der Waals surface area contributed by atoms with Gasteiger partial charge >= 0.3 is 18.1 Å². The maximum absolute atomic E-state index is 14.2. The topological polar surface area (TPSA) is 65.1 Å². The smallest absolute Gasteiger partial charge is 0.418 e. The lowest BCUT2D eigenvalue weighted by atomic mass is 10.1. The van der Waals surface area contributed by atoms with Crippen molar-refractivity contribution < 1.29 is 41.4 Å². The second kappa shape index (κ2) is 7.09. The summed E-state index contributed by atoms with van der Waals surface area (Å²) >= 11 is 0. The van der Waals surface area contributed by atoms with Gasteiger partial charge in [0.15, 0.2) is 0 Å². The van der Waals surface area contributed by atoms with E-state index < -0.39 is 54.2 Å². The van der Waals surface area contributed by atoms with E-state index in [9.17, 15) is 27.2 Å². The summed E-state index contributed by atoms with van der Waals surface area (Å²) in [5, 5.41) is 0. The van der Waals surface area contributed by atoms with Gasteiger partial charge in [0, 0.05) is 0 Å². The summed E-state index contributed by atoms with van der Waals surface area (Å²) in [6.45, 7) is -0.988. The van der Waals surface area contributed by atoms with Crippen LogP contribution in [0.4, 0.5) is 23.2 Å². The molecule has 1 aliphatic rings. The van der Waals surface area contributed by atoms with Crippen LogP contribution in [0.3, 0.4) is 0 Å². The highest BCUT2D eigenvalue weighted by molar-refractivity contribution is 6.03. The minimum atomic E-state index is -4.90. The molecule has 136 valence electrons. The lowest BCUT2D eigenvalue weighted by Gasteiger charge is -2.33. The first kappa shape index (κ1) is 18.7. The molecule has 0 radical (unpaired) electrons. The van der Waals surface area contributed by atoms with E-state index in [1.807, 2.05) is 0 Å². The highest BCUT2D eigenvalue weighted by Crippen LogP contribution is 2.40.